The summed E-state index contributed by atoms with van der Waals surface area (Å²) >= 11 is 0. The summed E-state index contributed by atoms with van der Waals surface area (Å²) < 4.78 is 26.2. The Morgan fingerprint density at radius 1 is 1.11 bits per heavy atom. The highest BCUT2D eigenvalue weighted by molar-refractivity contribution is 5.61. The Morgan fingerprint density at radius 3 is 2.63 bits per heavy atom. The maximum Gasteiger partial charge on any atom is 0.247 e. The molecule has 4 aromatic rings. The summed E-state index contributed by atoms with van der Waals surface area (Å²) in [6, 6.07) is 11.9. The first kappa shape index (κ1) is 17.0. The highest BCUT2D eigenvalue weighted by Gasteiger charge is 2.13. The number of benzene rings is 2. The standard InChI is InChI=1S/C20H17FN4O2/c1-13-11-25(12-22-13)17-8-5-15(10-18(17)26-2)20-24-23-19(27-20)9-14-3-6-16(21)7-4-14/h3-8,10-12H,9H2,1-2H3. The van der Waals surface area contributed by atoms with Crippen molar-refractivity contribution in [3.8, 4) is 22.9 Å². The van der Waals surface area contributed by atoms with Crippen molar-refractivity contribution in [3.63, 3.8) is 0 Å². The summed E-state index contributed by atoms with van der Waals surface area (Å²) in [5.41, 5.74) is 3.44. The highest BCUT2D eigenvalue weighted by atomic mass is 19.1. The number of hydrogen-bond donors (Lipinski definition) is 0. The fraction of sp³-hybridized carbons (Fsp3) is 0.150. The van der Waals surface area contributed by atoms with Crippen molar-refractivity contribution in [1.82, 2.24) is 19.7 Å². The second-order valence-electron chi connectivity index (χ2n) is 6.11. The van der Waals surface area contributed by atoms with Crippen LogP contribution in [0, 0.1) is 12.7 Å². The number of halogens is 1. The number of aryl methyl sites for hydroxylation is 1. The minimum absolute atomic E-state index is 0.273. The van der Waals surface area contributed by atoms with E-state index in [0.717, 1.165) is 22.5 Å². The van der Waals surface area contributed by atoms with E-state index in [1.165, 1.54) is 12.1 Å². The van der Waals surface area contributed by atoms with Crippen molar-refractivity contribution in [2.75, 3.05) is 7.11 Å². The van der Waals surface area contributed by atoms with Crippen molar-refractivity contribution in [2.45, 2.75) is 13.3 Å². The summed E-state index contributed by atoms with van der Waals surface area (Å²) in [6.45, 7) is 1.93. The molecule has 2 aromatic carbocycles. The topological polar surface area (TPSA) is 66.0 Å². The van der Waals surface area contributed by atoms with Gasteiger partial charge in [-0.15, -0.1) is 10.2 Å². The molecule has 0 atom stereocenters. The van der Waals surface area contributed by atoms with Crippen molar-refractivity contribution in [1.29, 1.82) is 0 Å². The van der Waals surface area contributed by atoms with Crippen LogP contribution in [-0.4, -0.2) is 26.9 Å². The van der Waals surface area contributed by atoms with Gasteiger partial charge >= 0.3 is 0 Å². The molecule has 2 aromatic heterocycles. The fourth-order valence-electron chi connectivity index (χ4n) is 2.80. The van der Waals surface area contributed by atoms with E-state index in [4.69, 9.17) is 9.15 Å². The average Bonchev–Trinajstić information content (AvgIpc) is 3.32. The molecule has 0 aliphatic heterocycles. The van der Waals surface area contributed by atoms with Crippen LogP contribution in [-0.2, 0) is 6.42 Å². The molecule has 27 heavy (non-hydrogen) atoms. The van der Waals surface area contributed by atoms with E-state index in [-0.39, 0.29) is 5.82 Å². The Kier molecular flexibility index (Phi) is 4.42. The van der Waals surface area contributed by atoms with E-state index in [2.05, 4.69) is 15.2 Å². The minimum Gasteiger partial charge on any atom is -0.495 e. The molecule has 0 radical (unpaired) electrons. The van der Waals surface area contributed by atoms with Crippen molar-refractivity contribution >= 4 is 0 Å². The molecule has 0 saturated heterocycles. The zero-order chi connectivity index (χ0) is 18.8. The third-order valence-electron chi connectivity index (χ3n) is 4.15. The van der Waals surface area contributed by atoms with Gasteiger partial charge in [0.15, 0.2) is 0 Å². The molecule has 0 fully saturated rings. The van der Waals surface area contributed by atoms with Gasteiger partial charge in [0.2, 0.25) is 11.8 Å². The molecule has 136 valence electrons. The van der Waals surface area contributed by atoms with Crippen LogP contribution in [0.2, 0.25) is 0 Å². The zero-order valence-electron chi connectivity index (χ0n) is 14.9. The van der Waals surface area contributed by atoms with Gasteiger partial charge in [-0.3, -0.25) is 0 Å². The third kappa shape index (κ3) is 3.57. The van der Waals surface area contributed by atoms with E-state index in [0.29, 0.717) is 24.0 Å². The molecule has 7 heteroatoms. The van der Waals surface area contributed by atoms with E-state index in [1.54, 1.807) is 25.6 Å². The smallest absolute Gasteiger partial charge is 0.247 e. The van der Waals surface area contributed by atoms with E-state index >= 15 is 0 Å². The second-order valence-corrected chi connectivity index (χ2v) is 6.11. The molecule has 4 rings (SSSR count). The van der Waals surface area contributed by atoms with Crippen LogP contribution in [0.25, 0.3) is 17.1 Å². The van der Waals surface area contributed by atoms with Gasteiger partial charge in [-0.2, -0.15) is 0 Å². The van der Waals surface area contributed by atoms with Crippen LogP contribution in [0.15, 0.2) is 59.4 Å². The summed E-state index contributed by atoms with van der Waals surface area (Å²) in [5.74, 6) is 1.26. The Balaban J connectivity index is 1.60. The van der Waals surface area contributed by atoms with Crippen LogP contribution in [0.4, 0.5) is 4.39 Å². The van der Waals surface area contributed by atoms with Gasteiger partial charge < -0.3 is 13.7 Å². The van der Waals surface area contributed by atoms with Gasteiger partial charge in [0.25, 0.3) is 0 Å². The molecule has 0 unspecified atom stereocenters. The lowest BCUT2D eigenvalue weighted by Gasteiger charge is -2.09. The number of hydrogen-bond acceptors (Lipinski definition) is 5. The van der Waals surface area contributed by atoms with E-state index in [9.17, 15) is 4.39 Å². The molecular weight excluding hydrogens is 347 g/mol. The van der Waals surface area contributed by atoms with Crippen molar-refractivity contribution < 1.29 is 13.5 Å². The molecule has 0 saturated carbocycles. The first-order valence-electron chi connectivity index (χ1n) is 8.38. The van der Waals surface area contributed by atoms with Gasteiger partial charge in [0.05, 0.1) is 31.2 Å². The third-order valence-corrected chi connectivity index (χ3v) is 4.15. The Labute approximate surface area is 155 Å². The number of rotatable bonds is 5. The molecule has 2 heterocycles. The summed E-state index contributed by atoms with van der Waals surface area (Å²) in [6.07, 6.45) is 4.10. The first-order chi connectivity index (χ1) is 13.1. The normalized spacial score (nSPS) is 10.9. The largest absolute Gasteiger partial charge is 0.495 e. The quantitative estimate of drug-likeness (QED) is 0.536. The number of methoxy groups -OCH3 is 1. The summed E-state index contributed by atoms with van der Waals surface area (Å²) in [4.78, 5) is 4.24. The molecule has 0 amide bonds. The fourth-order valence-corrected chi connectivity index (χ4v) is 2.80. The van der Waals surface area contributed by atoms with Crippen LogP contribution >= 0.6 is 0 Å². The van der Waals surface area contributed by atoms with Crippen LogP contribution < -0.4 is 4.74 Å². The second kappa shape index (κ2) is 7.03. The van der Waals surface area contributed by atoms with E-state index in [1.807, 2.05) is 35.9 Å². The molecule has 0 bridgehead atoms. The number of nitrogens with zero attached hydrogens (tertiary/aromatic N) is 4. The summed E-state index contributed by atoms with van der Waals surface area (Å²) in [7, 11) is 1.61. The maximum absolute atomic E-state index is 13.0. The Hall–Kier alpha value is -3.48. The van der Waals surface area contributed by atoms with Crippen molar-refractivity contribution in [3.05, 3.63) is 78.0 Å². The number of imidazole rings is 1. The predicted molar refractivity (Wildman–Crippen MR) is 97.4 cm³/mol. The molecule has 0 aliphatic carbocycles. The number of ether oxygens (including phenoxy) is 1. The number of aromatic nitrogens is 4. The monoisotopic (exact) mass is 364 g/mol. The Morgan fingerprint density at radius 2 is 1.93 bits per heavy atom. The van der Waals surface area contributed by atoms with Gasteiger partial charge in [-0.1, -0.05) is 12.1 Å². The molecular formula is C20H17FN4O2. The lowest BCUT2D eigenvalue weighted by Crippen LogP contribution is -1.96. The van der Waals surface area contributed by atoms with Gasteiger partial charge in [-0.05, 0) is 42.8 Å². The highest BCUT2D eigenvalue weighted by Crippen LogP contribution is 2.29. The average molecular weight is 364 g/mol. The van der Waals surface area contributed by atoms with Crippen molar-refractivity contribution in [2.24, 2.45) is 0 Å². The molecule has 0 aliphatic rings. The van der Waals surface area contributed by atoms with Crippen LogP contribution in [0.3, 0.4) is 0 Å². The SMILES string of the molecule is COc1cc(-c2nnc(Cc3ccc(F)cc3)o2)ccc1-n1cnc(C)c1. The predicted octanol–water partition coefficient (Wildman–Crippen LogP) is 3.97. The summed E-state index contributed by atoms with van der Waals surface area (Å²) in [5, 5.41) is 8.20. The van der Waals surface area contributed by atoms with Gasteiger partial charge in [0, 0.05) is 11.8 Å². The molecule has 0 N–H and O–H groups in total. The molecule has 0 spiro atoms. The van der Waals surface area contributed by atoms with Gasteiger partial charge in [-0.25, -0.2) is 9.37 Å². The molecule has 6 nitrogen and oxygen atoms in total. The van der Waals surface area contributed by atoms with E-state index < -0.39 is 0 Å². The first-order valence-corrected chi connectivity index (χ1v) is 8.38. The lowest BCUT2D eigenvalue weighted by molar-refractivity contribution is 0.412. The lowest BCUT2D eigenvalue weighted by atomic mass is 10.1. The van der Waals surface area contributed by atoms with Crippen LogP contribution in [0.1, 0.15) is 17.1 Å². The minimum atomic E-state index is -0.273. The zero-order valence-corrected chi connectivity index (χ0v) is 14.9. The maximum atomic E-state index is 13.0. The Bertz CT molecular complexity index is 1070. The van der Waals surface area contributed by atoms with Crippen LogP contribution in [0.5, 0.6) is 5.75 Å². The van der Waals surface area contributed by atoms with Gasteiger partial charge in [0.1, 0.15) is 11.6 Å².